The quantitative estimate of drug-likeness (QED) is 0.643. The third-order valence-corrected chi connectivity index (χ3v) is 2.40. The summed E-state index contributed by atoms with van der Waals surface area (Å²) in [5.74, 6) is 0.0724. The average molecular weight is 265 g/mol. The van der Waals surface area contributed by atoms with E-state index in [4.69, 9.17) is 11.1 Å². The number of nitrogen functional groups attached to an aromatic ring is 1. The van der Waals surface area contributed by atoms with E-state index >= 15 is 0 Å². The van der Waals surface area contributed by atoms with Gasteiger partial charge in [-0.25, -0.2) is 4.68 Å². The van der Waals surface area contributed by atoms with E-state index in [9.17, 15) is 0 Å². The van der Waals surface area contributed by atoms with Crippen molar-refractivity contribution >= 4 is 21.8 Å². The van der Waals surface area contributed by atoms with Crippen LogP contribution in [-0.4, -0.2) is 15.6 Å². The van der Waals surface area contributed by atoms with Crippen LogP contribution < -0.4 is 5.73 Å². The normalized spacial score (nSPS) is 10.2. The van der Waals surface area contributed by atoms with Gasteiger partial charge in [0.1, 0.15) is 5.84 Å². The number of hydrogen-bond acceptors (Lipinski definition) is 2. The fraction of sp³-hybridized carbons (Fsp3) is 0. The summed E-state index contributed by atoms with van der Waals surface area (Å²) in [7, 11) is 0. The Morgan fingerprint density at radius 1 is 1.33 bits per heavy atom. The van der Waals surface area contributed by atoms with Gasteiger partial charge in [-0.15, -0.1) is 0 Å². The number of halogens is 1. The molecule has 76 valence electrons. The highest BCUT2D eigenvalue weighted by Crippen LogP contribution is 2.12. The lowest BCUT2D eigenvalue weighted by Crippen LogP contribution is -2.10. The van der Waals surface area contributed by atoms with Crippen LogP contribution in [0.25, 0.3) is 5.69 Å². The van der Waals surface area contributed by atoms with E-state index in [0.29, 0.717) is 5.56 Å². The maximum Gasteiger partial charge on any atom is 0.122 e. The van der Waals surface area contributed by atoms with Crippen LogP contribution in [0.3, 0.4) is 0 Å². The van der Waals surface area contributed by atoms with Gasteiger partial charge in [-0.2, -0.15) is 5.10 Å². The van der Waals surface area contributed by atoms with Gasteiger partial charge in [0, 0.05) is 11.8 Å². The van der Waals surface area contributed by atoms with E-state index in [1.54, 1.807) is 23.0 Å². The SMILES string of the molecule is N=C(N)c1ccc(-n2cc(Br)cn2)cc1. The van der Waals surface area contributed by atoms with Crippen LogP contribution in [0, 0.1) is 5.41 Å². The molecule has 0 saturated carbocycles. The number of nitrogens with zero attached hydrogens (tertiary/aromatic N) is 2. The first-order valence-corrected chi connectivity index (χ1v) is 5.11. The van der Waals surface area contributed by atoms with Gasteiger partial charge in [-0.05, 0) is 40.2 Å². The summed E-state index contributed by atoms with van der Waals surface area (Å²) in [6, 6.07) is 7.34. The molecule has 0 aliphatic heterocycles. The summed E-state index contributed by atoms with van der Waals surface area (Å²) in [6.07, 6.45) is 3.58. The number of aromatic nitrogens is 2. The highest BCUT2D eigenvalue weighted by molar-refractivity contribution is 9.10. The monoisotopic (exact) mass is 264 g/mol. The molecule has 0 amide bonds. The lowest BCUT2D eigenvalue weighted by molar-refractivity contribution is 0.880. The fourth-order valence-electron chi connectivity index (χ4n) is 1.24. The zero-order valence-electron chi connectivity index (χ0n) is 7.81. The van der Waals surface area contributed by atoms with Crippen molar-refractivity contribution in [3.63, 3.8) is 0 Å². The van der Waals surface area contributed by atoms with Crippen molar-refractivity contribution in [1.29, 1.82) is 5.41 Å². The van der Waals surface area contributed by atoms with Crippen molar-refractivity contribution in [3.8, 4) is 5.69 Å². The first-order chi connectivity index (χ1) is 7.16. The number of hydrogen-bond donors (Lipinski definition) is 2. The molecule has 0 fully saturated rings. The summed E-state index contributed by atoms with van der Waals surface area (Å²) in [6.45, 7) is 0. The van der Waals surface area contributed by atoms with Crippen LogP contribution in [-0.2, 0) is 0 Å². The molecule has 0 radical (unpaired) electrons. The maximum absolute atomic E-state index is 7.26. The third kappa shape index (κ3) is 2.07. The minimum absolute atomic E-state index is 0.0724. The summed E-state index contributed by atoms with van der Waals surface area (Å²) in [4.78, 5) is 0. The molecule has 0 aliphatic carbocycles. The molecule has 1 aromatic carbocycles. The summed E-state index contributed by atoms with van der Waals surface area (Å²) in [5.41, 5.74) is 7.01. The smallest absolute Gasteiger partial charge is 0.122 e. The van der Waals surface area contributed by atoms with E-state index in [1.165, 1.54) is 0 Å². The molecule has 2 aromatic rings. The largest absolute Gasteiger partial charge is 0.384 e. The number of amidine groups is 1. The summed E-state index contributed by atoms with van der Waals surface area (Å²) >= 11 is 3.33. The molecule has 0 atom stereocenters. The summed E-state index contributed by atoms with van der Waals surface area (Å²) in [5, 5.41) is 11.4. The molecule has 1 heterocycles. The zero-order chi connectivity index (χ0) is 10.8. The number of rotatable bonds is 2. The second kappa shape index (κ2) is 3.86. The molecule has 0 unspecified atom stereocenters. The molecule has 15 heavy (non-hydrogen) atoms. The van der Waals surface area contributed by atoms with Crippen molar-refractivity contribution in [2.45, 2.75) is 0 Å². The van der Waals surface area contributed by atoms with Crippen LogP contribution in [0.2, 0.25) is 0 Å². The van der Waals surface area contributed by atoms with Gasteiger partial charge in [0.2, 0.25) is 0 Å². The molecular formula is C10H9BrN4. The van der Waals surface area contributed by atoms with Gasteiger partial charge in [-0.1, -0.05) is 0 Å². The molecule has 1 aromatic heterocycles. The van der Waals surface area contributed by atoms with Crippen molar-refractivity contribution in [2.24, 2.45) is 5.73 Å². The predicted molar refractivity (Wildman–Crippen MR) is 62.3 cm³/mol. The van der Waals surface area contributed by atoms with E-state index < -0.39 is 0 Å². The van der Waals surface area contributed by atoms with E-state index in [-0.39, 0.29) is 5.84 Å². The highest BCUT2D eigenvalue weighted by atomic mass is 79.9. The van der Waals surface area contributed by atoms with Gasteiger partial charge in [0.05, 0.1) is 16.4 Å². The highest BCUT2D eigenvalue weighted by Gasteiger charge is 2.00. The Morgan fingerprint density at radius 2 is 2.00 bits per heavy atom. The number of nitrogens with one attached hydrogen (secondary N) is 1. The molecule has 5 heteroatoms. The van der Waals surface area contributed by atoms with Crippen LogP contribution in [0.1, 0.15) is 5.56 Å². The topological polar surface area (TPSA) is 67.7 Å². The van der Waals surface area contributed by atoms with Crippen molar-refractivity contribution in [3.05, 3.63) is 46.7 Å². The lowest BCUT2D eigenvalue weighted by Gasteiger charge is -2.02. The Kier molecular flexibility index (Phi) is 2.55. The molecule has 0 bridgehead atoms. The van der Waals surface area contributed by atoms with E-state index in [1.807, 2.05) is 18.3 Å². The van der Waals surface area contributed by atoms with Crippen LogP contribution in [0.4, 0.5) is 0 Å². The second-order valence-corrected chi connectivity index (χ2v) is 3.98. The molecule has 0 saturated heterocycles. The van der Waals surface area contributed by atoms with Gasteiger partial charge >= 0.3 is 0 Å². The van der Waals surface area contributed by atoms with Crippen molar-refractivity contribution < 1.29 is 0 Å². The zero-order valence-corrected chi connectivity index (χ0v) is 9.40. The molecular weight excluding hydrogens is 256 g/mol. The van der Waals surface area contributed by atoms with Gasteiger partial charge < -0.3 is 5.73 Å². The molecule has 0 aliphatic rings. The van der Waals surface area contributed by atoms with Gasteiger partial charge in [0.25, 0.3) is 0 Å². The molecule has 0 spiro atoms. The maximum atomic E-state index is 7.26. The molecule has 3 N–H and O–H groups in total. The first-order valence-electron chi connectivity index (χ1n) is 4.32. The number of benzene rings is 1. The fourth-order valence-corrected chi connectivity index (χ4v) is 1.52. The first kappa shape index (κ1) is 9.92. The van der Waals surface area contributed by atoms with Crippen molar-refractivity contribution in [2.75, 3.05) is 0 Å². The van der Waals surface area contributed by atoms with Gasteiger partial charge in [-0.3, -0.25) is 5.41 Å². The second-order valence-electron chi connectivity index (χ2n) is 3.06. The Labute approximate surface area is 95.4 Å². The minimum atomic E-state index is 0.0724. The summed E-state index contributed by atoms with van der Waals surface area (Å²) < 4.78 is 2.67. The minimum Gasteiger partial charge on any atom is -0.384 e. The van der Waals surface area contributed by atoms with Crippen LogP contribution in [0.5, 0.6) is 0 Å². The van der Waals surface area contributed by atoms with Crippen LogP contribution in [0.15, 0.2) is 41.1 Å². The third-order valence-electron chi connectivity index (χ3n) is 1.99. The number of nitrogens with two attached hydrogens (primary N) is 1. The Hall–Kier alpha value is -1.62. The Balaban J connectivity index is 2.35. The van der Waals surface area contributed by atoms with Crippen LogP contribution >= 0.6 is 15.9 Å². The van der Waals surface area contributed by atoms with E-state index in [2.05, 4.69) is 21.0 Å². The molecule has 2 rings (SSSR count). The van der Waals surface area contributed by atoms with E-state index in [0.717, 1.165) is 10.2 Å². The lowest BCUT2D eigenvalue weighted by atomic mass is 10.2. The predicted octanol–water partition coefficient (Wildman–Crippen LogP) is 1.92. The molecule has 4 nitrogen and oxygen atoms in total. The van der Waals surface area contributed by atoms with Gasteiger partial charge in [0.15, 0.2) is 0 Å². The standard InChI is InChI=1S/C10H9BrN4/c11-8-5-14-15(6-8)9-3-1-7(2-4-9)10(12)13/h1-6H,(H3,12,13). The Bertz CT molecular complexity index is 486. The average Bonchev–Trinajstić information content (AvgIpc) is 2.65. The Morgan fingerprint density at radius 3 is 2.47 bits per heavy atom. The van der Waals surface area contributed by atoms with Crippen molar-refractivity contribution in [1.82, 2.24) is 9.78 Å².